The molecule has 0 saturated heterocycles. The van der Waals surface area contributed by atoms with E-state index in [0.717, 1.165) is 12.8 Å². The number of alkyl carbamates (subject to hydrolysis) is 1. The summed E-state index contributed by atoms with van der Waals surface area (Å²) in [5.74, 6) is 0. The lowest BCUT2D eigenvalue weighted by atomic mass is 10.1. The summed E-state index contributed by atoms with van der Waals surface area (Å²) >= 11 is 6.02. The van der Waals surface area contributed by atoms with E-state index in [1.807, 2.05) is 6.07 Å². The molecule has 1 heterocycles. The first-order valence-corrected chi connectivity index (χ1v) is 6.58. The molecule has 0 aliphatic heterocycles. The number of carbonyl (C=O) groups excluding carboxylic acids is 1. The van der Waals surface area contributed by atoms with Crippen molar-refractivity contribution in [3.8, 4) is 6.07 Å². The van der Waals surface area contributed by atoms with Crippen LogP contribution in [-0.2, 0) is 10.3 Å². The third-order valence-corrected chi connectivity index (χ3v) is 3.15. The van der Waals surface area contributed by atoms with Crippen LogP contribution in [0.15, 0.2) is 6.07 Å². The smallest absolute Gasteiger partial charge is 0.408 e. The highest BCUT2D eigenvalue weighted by atomic mass is 35.5. The maximum Gasteiger partial charge on any atom is 0.408 e. The second kappa shape index (κ2) is 4.91. The average Bonchev–Trinajstić information content (AvgIpc) is 3.07. The lowest BCUT2D eigenvalue weighted by molar-refractivity contribution is 0.0495. The minimum absolute atomic E-state index is 0.168. The summed E-state index contributed by atoms with van der Waals surface area (Å²) in [5.41, 5.74) is -0.391. The second-order valence-corrected chi connectivity index (χ2v) is 6.11. The summed E-state index contributed by atoms with van der Waals surface area (Å²) in [6.07, 6.45) is 0.937. The molecule has 7 heteroatoms. The number of hydrogen-bond acceptors (Lipinski definition) is 5. The van der Waals surface area contributed by atoms with E-state index in [0.29, 0.717) is 5.56 Å². The molecule has 1 aliphatic carbocycles. The van der Waals surface area contributed by atoms with Gasteiger partial charge < -0.3 is 10.1 Å². The number of ether oxygens (including phenoxy) is 1. The monoisotopic (exact) mass is 294 g/mol. The van der Waals surface area contributed by atoms with E-state index in [1.165, 1.54) is 0 Å². The number of carbonyl (C=O) groups is 1. The summed E-state index contributed by atoms with van der Waals surface area (Å²) in [7, 11) is 0. The maximum absolute atomic E-state index is 11.9. The number of aromatic nitrogens is 2. The Morgan fingerprint density at radius 2 is 2.15 bits per heavy atom. The predicted molar refractivity (Wildman–Crippen MR) is 72.0 cm³/mol. The first-order valence-electron chi connectivity index (χ1n) is 6.21. The van der Waals surface area contributed by atoms with Crippen LogP contribution < -0.4 is 5.32 Å². The molecule has 6 nitrogen and oxygen atoms in total. The number of nitrogens with zero attached hydrogens (tertiary/aromatic N) is 3. The fourth-order valence-corrected chi connectivity index (χ4v) is 2.13. The molecule has 20 heavy (non-hydrogen) atoms. The Morgan fingerprint density at radius 3 is 2.65 bits per heavy atom. The highest BCUT2D eigenvalue weighted by Gasteiger charge is 2.48. The van der Waals surface area contributed by atoms with Crippen LogP contribution in [0.4, 0.5) is 4.79 Å². The van der Waals surface area contributed by atoms with Crippen LogP contribution >= 0.6 is 11.6 Å². The summed E-state index contributed by atoms with van der Waals surface area (Å²) < 4.78 is 5.24. The van der Waals surface area contributed by atoms with E-state index in [2.05, 4.69) is 15.5 Å². The molecule has 0 radical (unpaired) electrons. The third kappa shape index (κ3) is 3.17. The van der Waals surface area contributed by atoms with Crippen LogP contribution in [0.3, 0.4) is 0 Å². The van der Waals surface area contributed by atoms with Crippen LogP contribution in [0.2, 0.25) is 5.15 Å². The molecule has 106 valence electrons. The van der Waals surface area contributed by atoms with Crippen molar-refractivity contribution in [3.63, 3.8) is 0 Å². The summed E-state index contributed by atoms with van der Waals surface area (Å²) in [4.78, 5) is 11.9. The number of halogens is 1. The van der Waals surface area contributed by atoms with Gasteiger partial charge in [0, 0.05) is 5.56 Å². The fraction of sp³-hybridized carbons (Fsp3) is 0.538. The van der Waals surface area contributed by atoms with Crippen LogP contribution in [0.1, 0.15) is 44.9 Å². The van der Waals surface area contributed by atoms with Crippen molar-refractivity contribution in [2.24, 2.45) is 0 Å². The van der Waals surface area contributed by atoms with Gasteiger partial charge in [0.05, 0.1) is 5.54 Å². The van der Waals surface area contributed by atoms with Gasteiger partial charge in [-0.1, -0.05) is 11.6 Å². The Kier molecular flexibility index (Phi) is 3.57. The van der Waals surface area contributed by atoms with Crippen molar-refractivity contribution >= 4 is 17.7 Å². The molecule has 1 aromatic heterocycles. The number of amides is 1. The highest BCUT2D eigenvalue weighted by Crippen LogP contribution is 2.47. The van der Waals surface area contributed by atoms with E-state index in [1.54, 1.807) is 26.8 Å². The lowest BCUT2D eigenvalue weighted by Gasteiger charge is -2.23. The van der Waals surface area contributed by atoms with Crippen molar-refractivity contribution in [1.29, 1.82) is 5.26 Å². The molecule has 2 rings (SSSR count). The van der Waals surface area contributed by atoms with Crippen molar-refractivity contribution in [2.75, 3.05) is 0 Å². The van der Waals surface area contributed by atoms with Crippen LogP contribution in [0, 0.1) is 11.3 Å². The zero-order chi connectivity index (χ0) is 15.0. The number of rotatable bonds is 2. The number of hydrogen-bond donors (Lipinski definition) is 1. The van der Waals surface area contributed by atoms with E-state index in [4.69, 9.17) is 21.6 Å². The van der Waals surface area contributed by atoms with Gasteiger partial charge >= 0.3 is 6.09 Å². The molecule has 0 spiro atoms. The molecule has 1 aliphatic rings. The van der Waals surface area contributed by atoms with E-state index in [9.17, 15) is 4.79 Å². The summed E-state index contributed by atoms with van der Waals surface area (Å²) in [6.45, 7) is 5.38. The second-order valence-electron chi connectivity index (χ2n) is 5.75. The van der Waals surface area contributed by atoms with E-state index >= 15 is 0 Å². The van der Waals surface area contributed by atoms with Gasteiger partial charge in [0.15, 0.2) is 10.8 Å². The lowest BCUT2D eigenvalue weighted by Crippen LogP contribution is -2.39. The normalized spacial score (nSPS) is 16.1. The molecular weight excluding hydrogens is 280 g/mol. The van der Waals surface area contributed by atoms with Gasteiger partial charge in [-0.25, -0.2) is 4.79 Å². The first kappa shape index (κ1) is 14.5. The third-order valence-electron chi connectivity index (χ3n) is 2.87. The SMILES string of the molecule is CC(C)(C)OC(=O)NC1(c2cc(C#N)nnc2Cl)CC1. The zero-order valence-electron chi connectivity index (χ0n) is 11.5. The highest BCUT2D eigenvalue weighted by molar-refractivity contribution is 6.30. The molecular formula is C13H15ClN4O2. The van der Waals surface area contributed by atoms with Crippen molar-refractivity contribution < 1.29 is 9.53 Å². The van der Waals surface area contributed by atoms with Crippen LogP contribution in [-0.4, -0.2) is 21.9 Å². The Hall–Kier alpha value is -1.87. The largest absolute Gasteiger partial charge is 0.444 e. The molecule has 1 amide bonds. The van der Waals surface area contributed by atoms with Gasteiger partial charge in [-0.3, -0.25) is 0 Å². The minimum atomic E-state index is -0.596. The van der Waals surface area contributed by atoms with Gasteiger partial charge in [-0.2, -0.15) is 5.26 Å². The molecule has 0 bridgehead atoms. The predicted octanol–water partition coefficient (Wildman–Crippen LogP) is 2.52. The molecule has 1 N–H and O–H groups in total. The Bertz CT molecular complexity index is 585. The molecule has 0 aromatic carbocycles. The standard InChI is InChI=1S/C13H15ClN4O2/c1-12(2,3)20-11(19)16-13(4-5-13)9-6-8(7-15)17-18-10(9)14/h6H,4-5H2,1-3H3,(H,16,19). The molecule has 1 aromatic rings. The number of nitrogens with one attached hydrogen (secondary N) is 1. The van der Waals surface area contributed by atoms with Crippen molar-refractivity contribution in [3.05, 3.63) is 22.5 Å². The van der Waals surface area contributed by atoms with Gasteiger partial charge in [-0.05, 0) is 39.7 Å². The zero-order valence-corrected chi connectivity index (χ0v) is 12.3. The van der Waals surface area contributed by atoms with Crippen molar-refractivity contribution in [1.82, 2.24) is 15.5 Å². The number of nitriles is 1. The van der Waals surface area contributed by atoms with Gasteiger partial charge in [0.1, 0.15) is 11.7 Å². The molecule has 0 atom stereocenters. The van der Waals surface area contributed by atoms with Crippen LogP contribution in [0.25, 0.3) is 0 Å². The Labute approximate surface area is 122 Å². The minimum Gasteiger partial charge on any atom is -0.444 e. The van der Waals surface area contributed by atoms with Crippen LogP contribution in [0.5, 0.6) is 0 Å². The molecule has 1 fully saturated rings. The van der Waals surface area contributed by atoms with Gasteiger partial charge in [0.25, 0.3) is 0 Å². The average molecular weight is 295 g/mol. The molecule has 0 unspecified atom stereocenters. The first-order chi connectivity index (χ1) is 9.26. The van der Waals surface area contributed by atoms with E-state index < -0.39 is 17.2 Å². The fourth-order valence-electron chi connectivity index (χ4n) is 1.85. The quantitative estimate of drug-likeness (QED) is 0.905. The Balaban J connectivity index is 2.20. The Morgan fingerprint density at radius 1 is 1.50 bits per heavy atom. The summed E-state index contributed by atoms with van der Waals surface area (Å²) in [6, 6.07) is 3.47. The van der Waals surface area contributed by atoms with E-state index in [-0.39, 0.29) is 10.8 Å². The van der Waals surface area contributed by atoms with Crippen molar-refractivity contribution in [2.45, 2.75) is 44.8 Å². The molecule has 1 saturated carbocycles. The summed E-state index contributed by atoms with van der Waals surface area (Å²) in [5, 5.41) is 19.3. The maximum atomic E-state index is 11.9. The van der Waals surface area contributed by atoms with Gasteiger partial charge in [0.2, 0.25) is 0 Å². The topological polar surface area (TPSA) is 87.9 Å². The van der Waals surface area contributed by atoms with Gasteiger partial charge in [-0.15, -0.1) is 10.2 Å².